The van der Waals surface area contributed by atoms with Gasteiger partial charge in [0.25, 0.3) is 5.91 Å². The first-order chi connectivity index (χ1) is 14.2. The third-order valence-corrected chi connectivity index (χ3v) is 4.70. The zero-order valence-electron chi connectivity index (χ0n) is 15.3. The number of carbonyl (C=O) groups is 1. The molecule has 0 saturated heterocycles. The number of benzene rings is 2. The molecule has 0 bridgehead atoms. The number of anilines is 1. The zero-order chi connectivity index (χ0) is 22.2. The van der Waals surface area contributed by atoms with Crippen molar-refractivity contribution < 1.29 is 31.5 Å². The molecule has 10 heteroatoms. The van der Waals surface area contributed by atoms with E-state index in [0.29, 0.717) is 15.8 Å². The Hall–Kier alpha value is -3.01. The van der Waals surface area contributed by atoms with Gasteiger partial charge in [-0.25, -0.2) is 22.0 Å². The van der Waals surface area contributed by atoms with Crippen LogP contribution in [0.4, 0.5) is 27.6 Å². The number of halogens is 6. The van der Waals surface area contributed by atoms with Gasteiger partial charge in [-0.05, 0) is 46.6 Å². The maximum Gasteiger partial charge on any atom is 0.280 e. The topological polar surface area (TPSA) is 41.9 Å². The predicted molar refractivity (Wildman–Crippen MR) is 105 cm³/mol. The van der Waals surface area contributed by atoms with Crippen LogP contribution in [0, 0.1) is 29.1 Å². The van der Waals surface area contributed by atoms with E-state index in [1.54, 1.807) is 24.3 Å². The second kappa shape index (κ2) is 8.39. The lowest BCUT2D eigenvalue weighted by Crippen LogP contribution is -2.25. The quantitative estimate of drug-likeness (QED) is 0.184. The highest BCUT2D eigenvalue weighted by atomic mass is 79.9. The average Bonchev–Trinajstić information content (AvgIpc) is 2.98. The molecule has 0 N–H and O–H groups in total. The van der Waals surface area contributed by atoms with E-state index in [1.165, 1.54) is 13.0 Å². The molecule has 0 fully saturated rings. The molecule has 2 aromatic carbocycles. The fraction of sp³-hybridized carbons (Fsp3) is 0.100. The summed E-state index contributed by atoms with van der Waals surface area (Å²) in [6, 6.07) is 4.85. The van der Waals surface area contributed by atoms with Crippen LogP contribution in [0.2, 0.25) is 0 Å². The molecule has 1 aliphatic heterocycles. The van der Waals surface area contributed by atoms with E-state index in [9.17, 15) is 26.7 Å². The van der Waals surface area contributed by atoms with E-state index in [0.717, 1.165) is 0 Å². The number of rotatable bonds is 5. The van der Waals surface area contributed by atoms with Crippen molar-refractivity contribution in [3.63, 3.8) is 0 Å². The van der Waals surface area contributed by atoms with Crippen molar-refractivity contribution in [2.75, 3.05) is 11.6 Å². The van der Waals surface area contributed by atoms with Crippen LogP contribution in [-0.2, 0) is 4.79 Å². The van der Waals surface area contributed by atoms with E-state index in [2.05, 4.69) is 27.6 Å². The third kappa shape index (κ3) is 3.74. The number of hydrazone groups is 1. The number of carbonyl (C=O) groups excluding carboxylic acids is 1. The van der Waals surface area contributed by atoms with Crippen LogP contribution in [0.1, 0.15) is 12.5 Å². The van der Waals surface area contributed by atoms with Gasteiger partial charge in [-0.15, -0.1) is 0 Å². The van der Waals surface area contributed by atoms with Crippen molar-refractivity contribution in [2.45, 2.75) is 6.92 Å². The second-order valence-electron chi connectivity index (χ2n) is 6.07. The number of nitrogens with zero attached hydrogens (tertiary/aromatic N) is 2. The van der Waals surface area contributed by atoms with Gasteiger partial charge >= 0.3 is 0 Å². The highest BCUT2D eigenvalue weighted by Gasteiger charge is 2.37. The van der Waals surface area contributed by atoms with Gasteiger partial charge in [0.1, 0.15) is 18.0 Å². The Bertz CT molecular complexity index is 1100. The minimum atomic E-state index is -2.32. The molecule has 0 aliphatic carbocycles. The van der Waals surface area contributed by atoms with E-state index >= 15 is 0 Å². The van der Waals surface area contributed by atoms with Crippen molar-refractivity contribution in [1.82, 2.24) is 0 Å². The maximum atomic E-state index is 14.1. The Morgan fingerprint density at radius 3 is 2.27 bits per heavy atom. The molecule has 4 nitrogen and oxygen atoms in total. The summed E-state index contributed by atoms with van der Waals surface area (Å²) >= 11 is 3.32. The Labute approximate surface area is 176 Å². The van der Waals surface area contributed by atoms with Gasteiger partial charge in [-0.1, -0.05) is 18.7 Å². The SMILES string of the molecule is C=CCOc1ccc(/C=C2/C(=O)N(c3c(F)c(F)c(F)c(F)c3F)N=C2C)cc1Br. The van der Waals surface area contributed by atoms with Crippen molar-refractivity contribution >= 4 is 39.3 Å². The van der Waals surface area contributed by atoms with Crippen molar-refractivity contribution in [3.8, 4) is 5.75 Å². The summed E-state index contributed by atoms with van der Waals surface area (Å²) in [4.78, 5) is 12.6. The van der Waals surface area contributed by atoms with Crippen LogP contribution < -0.4 is 9.75 Å². The Morgan fingerprint density at radius 1 is 1.10 bits per heavy atom. The summed E-state index contributed by atoms with van der Waals surface area (Å²) in [6.07, 6.45) is 2.93. The highest BCUT2D eigenvalue weighted by molar-refractivity contribution is 9.10. The zero-order valence-corrected chi connectivity index (χ0v) is 16.9. The molecule has 0 atom stereocenters. The molecule has 0 radical (unpaired) electrons. The molecule has 1 amide bonds. The van der Waals surface area contributed by atoms with Crippen LogP contribution in [0.3, 0.4) is 0 Å². The Balaban J connectivity index is 1.99. The van der Waals surface area contributed by atoms with E-state index in [4.69, 9.17) is 4.74 Å². The molecule has 156 valence electrons. The van der Waals surface area contributed by atoms with Crippen LogP contribution in [-0.4, -0.2) is 18.2 Å². The standard InChI is InChI=1S/C20H12BrF5N2O2/c1-3-6-30-13-5-4-10(8-12(13)21)7-11-9(2)27-28(20(11)29)19-17(25)15(23)14(22)16(24)18(19)26/h3-5,7-8H,1,6H2,2H3/b11-7+. The summed E-state index contributed by atoms with van der Waals surface area (Å²) in [5.41, 5.74) is -0.976. The maximum absolute atomic E-state index is 14.1. The number of hydrogen-bond donors (Lipinski definition) is 0. The second-order valence-corrected chi connectivity index (χ2v) is 6.92. The normalized spacial score (nSPS) is 15.0. The summed E-state index contributed by atoms with van der Waals surface area (Å²) in [7, 11) is 0. The summed E-state index contributed by atoms with van der Waals surface area (Å²) < 4.78 is 74.4. The molecule has 0 aromatic heterocycles. The number of ether oxygens (including phenoxy) is 1. The van der Waals surface area contributed by atoms with Gasteiger partial charge in [0.2, 0.25) is 5.82 Å². The van der Waals surface area contributed by atoms with Crippen molar-refractivity contribution in [1.29, 1.82) is 0 Å². The minimum absolute atomic E-state index is 0.0343. The fourth-order valence-corrected chi connectivity index (χ4v) is 3.17. The largest absolute Gasteiger partial charge is 0.488 e. The van der Waals surface area contributed by atoms with Gasteiger partial charge in [-0.2, -0.15) is 10.1 Å². The predicted octanol–water partition coefficient (Wildman–Crippen LogP) is 5.52. The van der Waals surface area contributed by atoms with Gasteiger partial charge in [0, 0.05) is 0 Å². The molecule has 0 spiro atoms. The lowest BCUT2D eigenvalue weighted by atomic mass is 10.1. The monoisotopic (exact) mass is 486 g/mol. The summed E-state index contributed by atoms with van der Waals surface area (Å²) in [5, 5.41) is 3.84. The van der Waals surface area contributed by atoms with Gasteiger partial charge in [-0.3, -0.25) is 4.79 Å². The first kappa shape index (κ1) is 21.7. The van der Waals surface area contributed by atoms with E-state index in [1.807, 2.05) is 0 Å². The first-order valence-electron chi connectivity index (χ1n) is 8.33. The van der Waals surface area contributed by atoms with Crippen molar-refractivity contribution in [2.24, 2.45) is 5.10 Å². The smallest absolute Gasteiger partial charge is 0.280 e. The summed E-state index contributed by atoms with van der Waals surface area (Å²) in [5.74, 6) is -11.5. The molecule has 2 aromatic rings. The first-order valence-corrected chi connectivity index (χ1v) is 9.13. The minimum Gasteiger partial charge on any atom is -0.488 e. The highest BCUT2D eigenvalue weighted by Crippen LogP contribution is 2.34. The molecule has 3 rings (SSSR count). The molecule has 0 saturated carbocycles. The molecule has 0 unspecified atom stereocenters. The van der Waals surface area contributed by atoms with Crippen LogP contribution in [0.25, 0.3) is 6.08 Å². The van der Waals surface area contributed by atoms with E-state index in [-0.39, 0.29) is 22.9 Å². The van der Waals surface area contributed by atoms with Crippen LogP contribution in [0.15, 0.2) is 46.0 Å². The Kier molecular flexibility index (Phi) is 6.06. The van der Waals surface area contributed by atoms with Gasteiger partial charge < -0.3 is 4.74 Å². The van der Waals surface area contributed by atoms with Gasteiger partial charge in [0.05, 0.1) is 15.8 Å². The lowest BCUT2D eigenvalue weighted by Gasteiger charge is -2.15. The lowest BCUT2D eigenvalue weighted by molar-refractivity contribution is -0.114. The fourth-order valence-electron chi connectivity index (χ4n) is 2.65. The third-order valence-electron chi connectivity index (χ3n) is 4.08. The van der Waals surface area contributed by atoms with Crippen LogP contribution >= 0.6 is 15.9 Å². The average molecular weight is 487 g/mol. The molecule has 1 aliphatic rings. The Morgan fingerprint density at radius 2 is 1.70 bits per heavy atom. The number of amides is 1. The van der Waals surface area contributed by atoms with Crippen molar-refractivity contribution in [3.05, 3.63) is 75.5 Å². The molecular formula is C20H12BrF5N2O2. The molecule has 30 heavy (non-hydrogen) atoms. The molecular weight excluding hydrogens is 475 g/mol. The molecule has 1 heterocycles. The summed E-state index contributed by atoms with van der Waals surface area (Å²) in [6.45, 7) is 5.19. The van der Waals surface area contributed by atoms with E-state index < -0.39 is 40.7 Å². The van der Waals surface area contributed by atoms with Gasteiger partial charge in [0.15, 0.2) is 23.3 Å². The van der Waals surface area contributed by atoms with Crippen LogP contribution in [0.5, 0.6) is 5.75 Å². The number of hydrogen-bond acceptors (Lipinski definition) is 3.